The summed E-state index contributed by atoms with van der Waals surface area (Å²) in [6.07, 6.45) is 1.13. The van der Waals surface area contributed by atoms with E-state index in [1.807, 2.05) is 0 Å². The van der Waals surface area contributed by atoms with Gasteiger partial charge in [0.25, 0.3) is 0 Å². The van der Waals surface area contributed by atoms with E-state index >= 15 is 0 Å². The number of pyridine rings is 1. The lowest BCUT2D eigenvalue weighted by atomic mass is 9.72. The van der Waals surface area contributed by atoms with Gasteiger partial charge in [0, 0.05) is 26.5 Å². The number of aliphatic hydroxyl groups is 1. The van der Waals surface area contributed by atoms with Gasteiger partial charge < -0.3 is 5.11 Å². The molecule has 0 spiro atoms. The molecule has 0 radical (unpaired) electrons. The van der Waals surface area contributed by atoms with Crippen molar-refractivity contribution in [3.8, 4) is 11.1 Å². The summed E-state index contributed by atoms with van der Waals surface area (Å²) >= 11 is 3.54. The normalized spacial score (nSPS) is 18.4. The summed E-state index contributed by atoms with van der Waals surface area (Å²) in [5, 5.41) is 14.6. The molecule has 0 fully saturated rings. The van der Waals surface area contributed by atoms with Crippen molar-refractivity contribution in [1.82, 2.24) is 4.98 Å². The third-order valence-electron chi connectivity index (χ3n) is 5.85. The monoisotopic (exact) mass is 431 g/mol. The first-order valence-corrected chi connectivity index (χ1v) is 10.5. The van der Waals surface area contributed by atoms with Gasteiger partial charge in [0.05, 0.1) is 11.6 Å². The van der Waals surface area contributed by atoms with Gasteiger partial charge in [0.1, 0.15) is 0 Å². The fourth-order valence-electron chi connectivity index (χ4n) is 4.63. The quantitative estimate of drug-likeness (QED) is 0.335. The van der Waals surface area contributed by atoms with E-state index in [9.17, 15) is 5.11 Å². The van der Waals surface area contributed by atoms with Crippen LogP contribution in [0.2, 0.25) is 0 Å². The first kappa shape index (κ1) is 17.8. The zero-order chi connectivity index (χ0) is 19.5. The number of benzene rings is 3. The standard InChI is InChI=1S/C25H22BrNO/c1-25(2)13-20-23(21(28)14-25)22(16-7-10-17(26)11-8-16)19-12-9-15-5-3-4-6-18(15)24(19)27-20/h3-12,21,28H,13-14H2,1-2H3. The molecule has 4 aromatic rings. The number of rotatable bonds is 1. The summed E-state index contributed by atoms with van der Waals surface area (Å²) in [7, 11) is 0. The van der Waals surface area contributed by atoms with E-state index < -0.39 is 6.10 Å². The Bertz CT molecular complexity index is 1210. The SMILES string of the molecule is CC1(C)Cc2nc3c(ccc4ccccc43)c(-c3ccc(Br)cc3)c2C(O)C1. The summed E-state index contributed by atoms with van der Waals surface area (Å²) in [5.41, 5.74) is 5.35. The molecule has 2 nitrogen and oxygen atoms in total. The molecule has 1 unspecified atom stereocenters. The first-order chi connectivity index (χ1) is 13.4. The Balaban J connectivity index is 1.93. The summed E-state index contributed by atoms with van der Waals surface area (Å²) in [4.78, 5) is 5.12. The molecule has 0 aliphatic heterocycles. The first-order valence-electron chi connectivity index (χ1n) is 9.71. The zero-order valence-electron chi connectivity index (χ0n) is 16.0. The van der Waals surface area contributed by atoms with Crippen LogP contribution >= 0.6 is 15.9 Å². The summed E-state index contributed by atoms with van der Waals surface area (Å²) in [5.74, 6) is 0. The highest BCUT2D eigenvalue weighted by molar-refractivity contribution is 9.10. The van der Waals surface area contributed by atoms with Crippen molar-refractivity contribution in [2.75, 3.05) is 0 Å². The van der Waals surface area contributed by atoms with Crippen molar-refractivity contribution in [2.24, 2.45) is 5.41 Å². The van der Waals surface area contributed by atoms with E-state index in [1.54, 1.807) is 0 Å². The number of fused-ring (bicyclic) bond motifs is 4. The van der Waals surface area contributed by atoms with Crippen LogP contribution in [-0.4, -0.2) is 10.1 Å². The number of aromatic nitrogens is 1. The smallest absolute Gasteiger partial charge is 0.0819 e. The van der Waals surface area contributed by atoms with Crippen LogP contribution in [0.1, 0.15) is 37.6 Å². The fourth-order valence-corrected chi connectivity index (χ4v) is 4.90. The topological polar surface area (TPSA) is 33.1 Å². The molecule has 1 atom stereocenters. The molecule has 28 heavy (non-hydrogen) atoms. The second-order valence-corrected chi connectivity index (χ2v) is 9.51. The van der Waals surface area contributed by atoms with E-state index in [1.165, 1.54) is 10.8 Å². The zero-order valence-corrected chi connectivity index (χ0v) is 17.6. The highest BCUT2D eigenvalue weighted by Gasteiger charge is 2.35. The molecular formula is C25H22BrNO. The highest BCUT2D eigenvalue weighted by atomic mass is 79.9. The van der Waals surface area contributed by atoms with Crippen LogP contribution in [0.15, 0.2) is 65.1 Å². The van der Waals surface area contributed by atoms with E-state index in [-0.39, 0.29) is 5.41 Å². The molecule has 1 N–H and O–H groups in total. The molecule has 1 aliphatic carbocycles. The molecule has 1 aliphatic rings. The Hall–Kier alpha value is -2.23. The summed E-state index contributed by atoms with van der Waals surface area (Å²) < 4.78 is 1.05. The van der Waals surface area contributed by atoms with Gasteiger partial charge in [0.15, 0.2) is 0 Å². The predicted octanol–water partition coefficient (Wildman–Crippen LogP) is 6.82. The van der Waals surface area contributed by atoms with Crippen molar-refractivity contribution in [3.63, 3.8) is 0 Å². The largest absolute Gasteiger partial charge is 0.388 e. The van der Waals surface area contributed by atoms with Crippen molar-refractivity contribution in [3.05, 3.63) is 76.4 Å². The molecule has 0 saturated heterocycles. The number of aliphatic hydroxyl groups excluding tert-OH is 1. The van der Waals surface area contributed by atoms with Gasteiger partial charge in [-0.1, -0.05) is 78.3 Å². The van der Waals surface area contributed by atoms with E-state index in [4.69, 9.17) is 4.98 Å². The second-order valence-electron chi connectivity index (χ2n) is 8.60. The molecule has 1 heterocycles. The lowest BCUT2D eigenvalue weighted by Crippen LogP contribution is -2.27. The van der Waals surface area contributed by atoms with Crippen LogP contribution in [0.25, 0.3) is 32.8 Å². The van der Waals surface area contributed by atoms with Crippen LogP contribution in [-0.2, 0) is 6.42 Å². The van der Waals surface area contributed by atoms with Gasteiger partial charge in [-0.05, 0) is 46.9 Å². The molecule has 1 aromatic heterocycles. The number of halogens is 1. The van der Waals surface area contributed by atoms with Crippen LogP contribution < -0.4 is 0 Å². The Kier molecular flexibility index (Phi) is 4.08. The van der Waals surface area contributed by atoms with Gasteiger partial charge in [-0.25, -0.2) is 0 Å². The number of hydrogen-bond acceptors (Lipinski definition) is 2. The minimum Gasteiger partial charge on any atom is -0.388 e. The molecule has 3 aromatic carbocycles. The Labute approximate surface area is 173 Å². The van der Waals surface area contributed by atoms with Crippen LogP contribution in [0.4, 0.5) is 0 Å². The molecule has 140 valence electrons. The van der Waals surface area contributed by atoms with Gasteiger partial charge >= 0.3 is 0 Å². The highest BCUT2D eigenvalue weighted by Crippen LogP contribution is 2.47. The predicted molar refractivity (Wildman–Crippen MR) is 119 cm³/mol. The van der Waals surface area contributed by atoms with Gasteiger partial charge in [-0.3, -0.25) is 4.98 Å². The maximum absolute atomic E-state index is 11.1. The Morgan fingerprint density at radius 3 is 2.50 bits per heavy atom. The van der Waals surface area contributed by atoms with Gasteiger partial charge in [0.2, 0.25) is 0 Å². The maximum Gasteiger partial charge on any atom is 0.0819 e. The van der Waals surface area contributed by atoms with Crippen molar-refractivity contribution in [1.29, 1.82) is 0 Å². The fraction of sp³-hybridized carbons (Fsp3) is 0.240. The number of hydrogen-bond donors (Lipinski definition) is 1. The van der Waals surface area contributed by atoms with Crippen molar-refractivity contribution < 1.29 is 5.11 Å². The maximum atomic E-state index is 11.1. The van der Waals surface area contributed by atoms with E-state index in [0.717, 1.165) is 50.6 Å². The lowest BCUT2D eigenvalue weighted by molar-refractivity contribution is 0.0990. The minimum atomic E-state index is -0.499. The lowest BCUT2D eigenvalue weighted by Gasteiger charge is -2.35. The van der Waals surface area contributed by atoms with Crippen molar-refractivity contribution >= 4 is 37.6 Å². The van der Waals surface area contributed by atoms with Crippen molar-refractivity contribution in [2.45, 2.75) is 32.8 Å². The summed E-state index contributed by atoms with van der Waals surface area (Å²) in [6, 6.07) is 21.1. The third kappa shape index (κ3) is 2.85. The van der Waals surface area contributed by atoms with Crippen LogP contribution in [0, 0.1) is 5.41 Å². The Morgan fingerprint density at radius 1 is 0.964 bits per heavy atom. The summed E-state index contributed by atoms with van der Waals surface area (Å²) in [6.45, 7) is 4.43. The molecule has 0 saturated carbocycles. The molecular weight excluding hydrogens is 410 g/mol. The Morgan fingerprint density at radius 2 is 1.71 bits per heavy atom. The average Bonchev–Trinajstić information content (AvgIpc) is 2.66. The van der Waals surface area contributed by atoms with Crippen LogP contribution in [0.3, 0.4) is 0 Å². The molecule has 3 heteroatoms. The third-order valence-corrected chi connectivity index (χ3v) is 6.38. The molecule has 0 bridgehead atoms. The minimum absolute atomic E-state index is 0.0364. The molecule has 5 rings (SSSR count). The van der Waals surface area contributed by atoms with E-state index in [0.29, 0.717) is 0 Å². The second kappa shape index (κ2) is 6.40. The number of nitrogens with zero attached hydrogens (tertiary/aromatic N) is 1. The molecule has 0 amide bonds. The van der Waals surface area contributed by atoms with Gasteiger partial charge in [-0.15, -0.1) is 0 Å². The van der Waals surface area contributed by atoms with E-state index in [2.05, 4.69) is 90.4 Å². The average molecular weight is 432 g/mol. The van der Waals surface area contributed by atoms with Crippen LogP contribution in [0.5, 0.6) is 0 Å². The van der Waals surface area contributed by atoms with Gasteiger partial charge in [-0.2, -0.15) is 0 Å².